The summed E-state index contributed by atoms with van der Waals surface area (Å²) in [4.78, 5) is 20.3. The zero-order valence-electron chi connectivity index (χ0n) is 14.3. The highest BCUT2D eigenvalue weighted by Crippen LogP contribution is 2.32. The van der Waals surface area contributed by atoms with E-state index in [-0.39, 0.29) is 12.1 Å². The van der Waals surface area contributed by atoms with Gasteiger partial charge in [-0.15, -0.1) is 0 Å². The molecule has 0 atom stereocenters. The van der Waals surface area contributed by atoms with Gasteiger partial charge >= 0.3 is 6.09 Å². The number of ether oxygens (including phenoxy) is 1. The highest BCUT2D eigenvalue weighted by atomic mass is 35.5. The first-order valence-corrected chi connectivity index (χ1v) is 8.68. The molecule has 0 spiro atoms. The smallest absolute Gasteiger partial charge is 0.407 e. The molecule has 3 rings (SSSR count). The Morgan fingerprint density at radius 2 is 2.00 bits per heavy atom. The lowest BCUT2D eigenvalue weighted by molar-refractivity contribution is 0.0488. The third-order valence-corrected chi connectivity index (χ3v) is 4.57. The number of hydrogen-bond acceptors (Lipinski definition) is 4. The maximum atomic E-state index is 11.9. The number of aromatic nitrogens is 3. The van der Waals surface area contributed by atoms with Crippen molar-refractivity contribution in [3.63, 3.8) is 0 Å². The fourth-order valence-corrected chi connectivity index (χ4v) is 3.40. The number of rotatable bonds is 2. The average Bonchev–Trinajstić information content (AvgIpc) is 2.91. The molecule has 1 amide bonds. The SMILES string of the molecule is CC(C)(C)OC(=O)NC1CCC(n2ccc3c(Cl)ncnc32)CC1. The van der Waals surface area contributed by atoms with Gasteiger partial charge in [0, 0.05) is 18.3 Å². The van der Waals surface area contributed by atoms with E-state index in [4.69, 9.17) is 16.3 Å². The molecule has 0 aliphatic heterocycles. The molecule has 24 heavy (non-hydrogen) atoms. The number of nitrogens with zero attached hydrogens (tertiary/aromatic N) is 3. The monoisotopic (exact) mass is 350 g/mol. The van der Waals surface area contributed by atoms with E-state index in [0.29, 0.717) is 11.2 Å². The van der Waals surface area contributed by atoms with Crippen LogP contribution in [0.3, 0.4) is 0 Å². The Hall–Kier alpha value is -1.82. The Morgan fingerprint density at radius 1 is 1.29 bits per heavy atom. The van der Waals surface area contributed by atoms with Gasteiger partial charge in [-0.05, 0) is 52.5 Å². The lowest BCUT2D eigenvalue weighted by Gasteiger charge is -2.31. The lowest BCUT2D eigenvalue weighted by Crippen LogP contribution is -2.41. The summed E-state index contributed by atoms with van der Waals surface area (Å²) in [7, 11) is 0. The van der Waals surface area contributed by atoms with Gasteiger partial charge in [0.15, 0.2) is 0 Å². The lowest BCUT2D eigenvalue weighted by atomic mass is 9.91. The molecule has 6 nitrogen and oxygen atoms in total. The maximum absolute atomic E-state index is 11.9. The maximum Gasteiger partial charge on any atom is 0.407 e. The third-order valence-electron chi connectivity index (χ3n) is 4.27. The van der Waals surface area contributed by atoms with E-state index in [1.807, 2.05) is 33.0 Å². The second-order valence-corrected chi connectivity index (χ2v) is 7.63. The van der Waals surface area contributed by atoms with Crippen molar-refractivity contribution in [3.8, 4) is 0 Å². The predicted octanol–water partition coefficient (Wildman–Crippen LogP) is 4.09. The number of amides is 1. The summed E-state index contributed by atoms with van der Waals surface area (Å²) >= 11 is 6.12. The first-order valence-electron chi connectivity index (χ1n) is 8.30. The van der Waals surface area contributed by atoms with Gasteiger partial charge in [-0.2, -0.15) is 0 Å². The fourth-order valence-electron chi connectivity index (χ4n) is 3.21. The van der Waals surface area contributed by atoms with Crippen molar-refractivity contribution in [3.05, 3.63) is 23.7 Å². The molecule has 7 heteroatoms. The van der Waals surface area contributed by atoms with E-state index in [2.05, 4.69) is 19.9 Å². The van der Waals surface area contributed by atoms with Crippen LogP contribution in [0.25, 0.3) is 11.0 Å². The minimum Gasteiger partial charge on any atom is -0.444 e. The predicted molar refractivity (Wildman–Crippen MR) is 93.2 cm³/mol. The van der Waals surface area contributed by atoms with Gasteiger partial charge in [0.25, 0.3) is 0 Å². The molecule has 1 aliphatic rings. The molecule has 1 saturated carbocycles. The Labute approximate surface area is 146 Å². The van der Waals surface area contributed by atoms with Gasteiger partial charge in [-0.25, -0.2) is 14.8 Å². The summed E-state index contributed by atoms with van der Waals surface area (Å²) in [5, 5.41) is 4.34. The van der Waals surface area contributed by atoms with Crippen LogP contribution in [0.4, 0.5) is 4.79 Å². The topological polar surface area (TPSA) is 69.0 Å². The van der Waals surface area contributed by atoms with E-state index in [9.17, 15) is 4.79 Å². The van der Waals surface area contributed by atoms with Gasteiger partial charge in [0.2, 0.25) is 0 Å². The summed E-state index contributed by atoms with van der Waals surface area (Å²) < 4.78 is 7.50. The van der Waals surface area contributed by atoms with Gasteiger partial charge in [0.05, 0.1) is 5.39 Å². The summed E-state index contributed by atoms with van der Waals surface area (Å²) in [5.74, 6) is 0. The molecule has 0 bridgehead atoms. The average molecular weight is 351 g/mol. The Balaban J connectivity index is 1.61. The number of alkyl carbamates (subject to hydrolysis) is 1. The van der Waals surface area contributed by atoms with Crippen LogP contribution in [0.1, 0.15) is 52.5 Å². The van der Waals surface area contributed by atoms with Crippen LogP contribution >= 0.6 is 11.6 Å². The molecule has 1 N–H and O–H groups in total. The molecule has 0 saturated heterocycles. The van der Waals surface area contributed by atoms with Crippen molar-refractivity contribution in [2.75, 3.05) is 0 Å². The summed E-state index contributed by atoms with van der Waals surface area (Å²) in [5.41, 5.74) is 0.406. The molecule has 130 valence electrons. The van der Waals surface area contributed by atoms with Crippen LogP contribution in [0.5, 0.6) is 0 Å². The third kappa shape index (κ3) is 3.80. The zero-order chi connectivity index (χ0) is 17.3. The fraction of sp³-hybridized carbons (Fsp3) is 0.588. The number of carbonyl (C=O) groups excluding carboxylic acids is 1. The van der Waals surface area contributed by atoms with Gasteiger partial charge in [0.1, 0.15) is 22.7 Å². The Bertz CT molecular complexity index is 730. The normalized spacial score (nSPS) is 21.7. The van der Waals surface area contributed by atoms with E-state index >= 15 is 0 Å². The molecule has 0 radical (unpaired) electrons. The van der Waals surface area contributed by atoms with E-state index < -0.39 is 5.60 Å². The summed E-state index contributed by atoms with van der Waals surface area (Å²) in [6.07, 6.45) is 6.98. The van der Waals surface area contributed by atoms with Crippen LogP contribution in [-0.4, -0.2) is 32.3 Å². The molecular weight excluding hydrogens is 328 g/mol. The zero-order valence-corrected chi connectivity index (χ0v) is 15.0. The molecular formula is C17H23ClN4O2. The van der Waals surface area contributed by atoms with Crippen molar-refractivity contribution in [2.45, 2.75) is 64.1 Å². The van der Waals surface area contributed by atoms with Crippen molar-refractivity contribution in [1.29, 1.82) is 0 Å². The number of hydrogen-bond donors (Lipinski definition) is 1. The second kappa shape index (κ2) is 6.59. The molecule has 2 heterocycles. The van der Waals surface area contributed by atoms with Crippen LogP contribution in [0.2, 0.25) is 5.15 Å². The van der Waals surface area contributed by atoms with E-state index in [1.165, 1.54) is 6.33 Å². The second-order valence-electron chi connectivity index (χ2n) is 7.28. The first-order chi connectivity index (χ1) is 11.3. The van der Waals surface area contributed by atoms with Crippen LogP contribution in [0.15, 0.2) is 18.6 Å². The van der Waals surface area contributed by atoms with E-state index in [0.717, 1.165) is 36.7 Å². The number of halogens is 1. The van der Waals surface area contributed by atoms with E-state index in [1.54, 1.807) is 0 Å². The van der Waals surface area contributed by atoms with Crippen molar-refractivity contribution >= 4 is 28.7 Å². The van der Waals surface area contributed by atoms with Crippen molar-refractivity contribution in [1.82, 2.24) is 19.9 Å². The number of nitrogens with one attached hydrogen (secondary N) is 1. The molecule has 2 aromatic heterocycles. The van der Waals surface area contributed by atoms with Crippen LogP contribution < -0.4 is 5.32 Å². The van der Waals surface area contributed by atoms with Gasteiger partial charge < -0.3 is 14.6 Å². The summed E-state index contributed by atoms with van der Waals surface area (Å²) in [6, 6.07) is 2.49. The van der Waals surface area contributed by atoms with Gasteiger partial charge in [-0.1, -0.05) is 11.6 Å². The van der Waals surface area contributed by atoms with Crippen LogP contribution in [0, 0.1) is 0 Å². The standard InChI is InChI=1S/C17H23ClN4O2/c1-17(2,3)24-16(23)21-11-4-6-12(7-5-11)22-9-8-13-14(18)19-10-20-15(13)22/h8-12H,4-7H2,1-3H3,(H,21,23). The number of carbonyl (C=O) groups is 1. The quantitative estimate of drug-likeness (QED) is 0.828. The van der Waals surface area contributed by atoms with Crippen LogP contribution in [-0.2, 0) is 4.74 Å². The molecule has 2 aromatic rings. The highest BCUT2D eigenvalue weighted by molar-refractivity contribution is 6.33. The first kappa shape index (κ1) is 17.0. The van der Waals surface area contributed by atoms with Gasteiger partial charge in [-0.3, -0.25) is 0 Å². The highest BCUT2D eigenvalue weighted by Gasteiger charge is 2.26. The molecule has 0 unspecified atom stereocenters. The Kier molecular flexibility index (Phi) is 4.67. The summed E-state index contributed by atoms with van der Waals surface area (Å²) in [6.45, 7) is 5.61. The van der Waals surface area contributed by atoms with Crippen molar-refractivity contribution < 1.29 is 9.53 Å². The number of fused-ring (bicyclic) bond motifs is 1. The molecule has 1 fully saturated rings. The largest absolute Gasteiger partial charge is 0.444 e. The Morgan fingerprint density at radius 3 is 2.67 bits per heavy atom. The minimum absolute atomic E-state index is 0.163. The molecule has 0 aromatic carbocycles. The van der Waals surface area contributed by atoms with Crippen molar-refractivity contribution in [2.24, 2.45) is 0 Å². The molecule has 1 aliphatic carbocycles. The minimum atomic E-state index is -0.468.